The Morgan fingerprint density at radius 2 is 1.78 bits per heavy atom. The molecule has 0 saturated heterocycles. The Hall–Kier alpha value is -2.69. The third-order valence-electron chi connectivity index (χ3n) is 3.50. The first kappa shape index (κ1) is 15.2. The lowest BCUT2D eigenvalue weighted by Gasteiger charge is -2.05. The highest BCUT2D eigenvalue weighted by atomic mass is 16.5. The van der Waals surface area contributed by atoms with Crippen molar-refractivity contribution in [2.24, 2.45) is 0 Å². The maximum absolute atomic E-state index is 5.66. The van der Waals surface area contributed by atoms with Crippen molar-refractivity contribution in [2.45, 2.75) is 26.3 Å². The second-order valence-corrected chi connectivity index (χ2v) is 5.36. The molecule has 0 radical (unpaired) electrons. The van der Waals surface area contributed by atoms with Crippen LogP contribution in [0.25, 0.3) is 11.4 Å². The van der Waals surface area contributed by atoms with Gasteiger partial charge in [-0.15, -0.1) is 10.2 Å². The molecule has 0 aliphatic heterocycles. The summed E-state index contributed by atoms with van der Waals surface area (Å²) >= 11 is 0. The standard InChI is InChI=1S/C18H20N4O/c1-2-3-13-23-17-11-9-16(10-12-17)18-19-21-22(20-18)14-15-7-5-4-6-8-15/h4-12H,2-3,13-14H2,1H3. The van der Waals surface area contributed by atoms with Crippen LogP contribution in [0.4, 0.5) is 0 Å². The van der Waals surface area contributed by atoms with E-state index in [1.807, 2.05) is 54.6 Å². The first-order chi connectivity index (χ1) is 11.3. The molecule has 1 heterocycles. The van der Waals surface area contributed by atoms with Crippen LogP contribution in [0.1, 0.15) is 25.3 Å². The topological polar surface area (TPSA) is 52.8 Å². The molecule has 23 heavy (non-hydrogen) atoms. The molecule has 2 aromatic carbocycles. The summed E-state index contributed by atoms with van der Waals surface area (Å²) in [5, 5.41) is 12.7. The monoisotopic (exact) mass is 308 g/mol. The summed E-state index contributed by atoms with van der Waals surface area (Å²) in [5.41, 5.74) is 2.09. The van der Waals surface area contributed by atoms with Gasteiger partial charge in [-0.2, -0.15) is 4.80 Å². The third kappa shape index (κ3) is 4.16. The predicted octanol–water partition coefficient (Wildman–Crippen LogP) is 3.57. The molecule has 5 heteroatoms. The summed E-state index contributed by atoms with van der Waals surface area (Å²) in [4.78, 5) is 1.61. The Balaban J connectivity index is 1.65. The molecule has 0 aliphatic carbocycles. The van der Waals surface area contributed by atoms with Crippen molar-refractivity contribution in [1.82, 2.24) is 20.2 Å². The molecule has 0 bridgehead atoms. The van der Waals surface area contributed by atoms with Gasteiger partial charge in [-0.1, -0.05) is 43.7 Å². The molecule has 0 aliphatic rings. The van der Waals surface area contributed by atoms with Gasteiger partial charge in [0.25, 0.3) is 0 Å². The molecule has 5 nitrogen and oxygen atoms in total. The van der Waals surface area contributed by atoms with Gasteiger partial charge in [0.15, 0.2) is 0 Å². The van der Waals surface area contributed by atoms with E-state index in [9.17, 15) is 0 Å². The smallest absolute Gasteiger partial charge is 0.204 e. The van der Waals surface area contributed by atoms with Crippen LogP contribution in [-0.4, -0.2) is 26.8 Å². The summed E-state index contributed by atoms with van der Waals surface area (Å²) in [7, 11) is 0. The normalized spacial score (nSPS) is 10.7. The van der Waals surface area contributed by atoms with Crippen LogP contribution in [0.3, 0.4) is 0 Å². The van der Waals surface area contributed by atoms with E-state index in [-0.39, 0.29) is 0 Å². The van der Waals surface area contributed by atoms with Gasteiger partial charge in [0.2, 0.25) is 5.82 Å². The Morgan fingerprint density at radius 1 is 1.00 bits per heavy atom. The molecule has 3 aromatic rings. The number of aromatic nitrogens is 4. The molecule has 3 rings (SSSR count). The fourth-order valence-electron chi connectivity index (χ4n) is 2.21. The average molecular weight is 308 g/mol. The molecular formula is C18H20N4O. The highest BCUT2D eigenvalue weighted by Crippen LogP contribution is 2.19. The minimum atomic E-state index is 0.617. The Bertz CT molecular complexity index is 722. The van der Waals surface area contributed by atoms with Gasteiger partial charge >= 0.3 is 0 Å². The van der Waals surface area contributed by atoms with Crippen molar-refractivity contribution in [2.75, 3.05) is 6.61 Å². The summed E-state index contributed by atoms with van der Waals surface area (Å²) in [6.45, 7) is 3.52. The van der Waals surface area contributed by atoms with E-state index >= 15 is 0 Å². The van der Waals surface area contributed by atoms with Crippen molar-refractivity contribution in [3.05, 3.63) is 60.2 Å². The number of benzene rings is 2. The summed E-state index contributed by atoms with van der Waals surface area (Å²) in [6.07, 6.45) is 2.20. The Labute approximate surface area is 135 Å². The van der Waals surface area contributed by atoms with Gasteiger partial charge in [-0.25, -0.2) is 0 Å². The summed E-state index contributed by atoms with van der Waals surface area (Å²) < 4.78 is 5.66. The van der Waals surface area contributed by atoms with E-state index in [0.29, 0.717) is 12.4 Å². The van der Waals surface area contributed by atoms with Crippen molar-refractivity contribution in [3.63, 3.8) is 0 Å². The number of hydrogen-bond donors (Lipinski definition) is 0. The van der Waals surface area contributed by atoms with E-state index in [0.717, 1.165) is 36.3 Å². The van der Waals surface area contributed by atoms with Crippen LogP contribution < -0.4 is 4.74 Å². The number of ether oxygens (including phenoxy) is 1. The summed E-state index contributed by atoms with van der Waals surface area (Å²) in [5.74, 6) is 1.50. The predicted molar refractivity (Wildman–Crippen MR) is 89.2 cm³/mol. The zero-order valence-electron chi connectivity index (χ0n) is 13.2. The van der Waals surface area contributed by atoms with Gasteiger partial charge in [0, 0.05) is 5.56 Å². The number of tetrazole rings is 1. The van der Waals surface area contributed by atoms with Crippen molar-refractivity contribution >= 4 is 0 Å². The van der Waals surface area contributed by atoms with E-state index in [4.69, 9.17) is 4.74 Å². The van der Waals surface area contributed by atoms with Crippen LogP contribution in [0, 0.1) is 0 Å². The SMILES string of the molecule is CCCCOc1ccc(-c2nnn(Cc3ccccc3)n2)cc1. The Kier molecular flexibility index (Phi) is 4.99. The van der Waals surface area contributed by atoms with Crippen molar-refractivity contribution in [1.29, 1.82) is 0 Å². The van der Waals surface area contributed by atoms with E-state index in [2.05, 4.69) is 22.3 Å². The largest absolute Gasteiger partial charge is 0.494 e. The number of hydrogen-bond acceptors (Lipinski definition) is 4. The number of nitrogens with zero attached hydrogens (tertiary/aromatic N) is 4. The minimum absolute atomic E-state index is 0.617. The molecule has 0 unspecified atom stereocenters. The molecule has 0 amide bonds. The van der Waals surface area contributed by atoms with Crippen LogP contribution in [0.5, 0.6) is 5.75 Å². The van der Waals surface area contributed by atoms with E-state index < -0.39 is 0 Å². The minimum Gasteiger partial charge on any atom is -0.494 e. The van der Waals surface area contributed by atoms with Gasteiger partial charge < -0.3 is 4.74 Å². The van der Waals surface area contributed by atoms with Gasteiger partial charge in [0.05, 0.1) is 13.2 Å². The average Bonchev–Trinajstić information content (AvgIpc) is 3.05. The van der Waals surface area contributed by atoms with Crippen molar-refractivity contribution < 1.29 is 4.74 Å². The lowest BCUT2D eigenvalue weighted by Crippen LogP contribution is -2.03. The van der Waals surface area contributed by atoms with Gasteiger partial charge in [0.1, 0.15) is 5.75 Å². The molecule has 0 spiro atoms. The van der Waals surface area contributed by atoms with Crippen molar-refractivity contribution in [3.8, 4) is 17.1 Å². The maximum atomic E-state index is 5.66. The lowest BCUT2D eigenvalue weighted by molar-refractivity contribution is 0.309. The zero-order chi connectivity index (χ0) is 15.9. The second kappa shape index (κ2) is 7.54. The first-order valence-corrected chi connectivity index (χ1v) is 7.90. The fraction of sp³-hybridized carbons (Fsp3) is 0.278. The van der Waals surface area contributed by atoms with Crippen LogP contribution in [0.15, 0.2) is 54.6 Å². The molecule has 1 aromatic heterocycles. The molecular weight excluding hydrogens is 288 g/mol. The number of unbranched alkanes of at least 4 members (excludes halogenated alkanes) is 1. The fourth-order valence-corrected chi connectivity index (χ4v) is 2.21. The first-order valence-electron chi connectivity index (χ1n) is 7.90. The summed E-state index contributed by atoms with van der Waals surface area (Å²) in [6, 6.07) is 17.9. The van der Waals surface area contributed by atoms with Crippen LogP contribution in [-0.2, 0) is 6.54 Å². The molecule has 118 valence electrons. The molecule has 0 atom stereocenters. The number of rotatable bonds is 7. The molecule has 0 saturated carbocycles. The maximum Gasteiger partial charge on any atom is 0.204 e. The quantitative estimate of drug-likeness (QED) is 0.626. The molecule has 0 N–H and O–H groups in total. The molecule has 0 fully saturated rings. The lowest BCUT2D eigenvalue weighted by atomic mass is 10.2. The highest BCUT2D eigenvalue weighted by Gasteiger charge is 2.06. The third-order valence-corrected chi connectivity index (χ3v) is 3.50. The van der Waals surface area contributed by atoms with Gasteiger partial charge in [-0.05, 0) is 41.5 Å². The highest BCUT2D eigenvalue weighted by molar-refractivity contribution is 5.55. The second-order valence-electron chi connectivity index (χ2n) is 5.36. The van der Waals surface area contributed by atoms with Crippen LogP contribution >= 0.6 is 0 Å². The zero-order valence-corrected chi connectivity index (χ0v) is 13.2. The Morgan fingerprint density at radius 3 is 2.52 bits per heavy atom. The van der Waals surface area contributed by atoms with E-state index in [1.54, 1.807) is 4.80 Å². The van der Waals surface area contributed by atoms with Crippen LogP contribution in [0.2, 0.25) is 0 Å². The van der Waals surface area contributed by atoms with Gasteiger partial charge in [-0.3, -0.25) is 0 Å². The van der Waals surface area contributed by atoms with E-state index in [1.165, 1.54) is 0 Å².